The van der Waals surface area contributed by atoms with Gasteiger partial charge in [-0.05, 0) is 61.6 Å². The molecule has 0 bridgehead atoms. The van der Waals surface area contributed by atoms with Gasteiger partial charge in [-0.15, -0.1) is 11.3 Å². The summed E-state index contributed by atoms with van der Waals surface area (Å²) >= 11 is 1.61. The van der Waals surface area contributed by atoms with E-state index in [4.69, 9.17) is 9.73 Å². The van der Waals surface area contributed by atoms with Crippen molar-refractivity contribution in [2.75, 3.05) is 5.32 Å². The van der Waals surface area contributed by atoms with E-state index >= 15 is 0 Å². The number of thiophene rings is 1. The van der Waals surface area contributed by atoms with Crippen LogP contribution in [0.5, 0.6) is 5.75 Å². The van der Waals surface area contributed by atoms with Gasteiger partial charge in [0.25, 0.3) is 5.91 Å². The Kier molecular flexibility index (Phi) is 7.20. The summed E-state index contributed by atoms with van der Waals surface area (Å²) in [5.41, 5.74) is 4.82. The minimum Gasteiger partial charge on any atom is -0.488 e. The number of ether oxygens (including phenoxy) is 1. The zero-order valence-electron chi connectivity index (χ0n) is 19.7. The number of hydrogen-bond acceptors (Lipinski definition) is 5. The normalized spacial score (nSPS) is 12.6. The van der Waals surface area contributed by atoms with Crippen molar-refractivity contribution in [2.45, 2.75) is 32.3 Å². The molecule has 1 aromatic heterocycles. The van der Waals surface area contributed by atoms with Crippen LogP contribution in [0, 0.1) is 11.3 Å². The lowest BCUT2D eigenvalue weighted by atomic mass is 9.95. The van der Waals surface area contributed by atoms with Crippen LogP contribution in [0.25, 0.3) is 0 Å². The van der Waals surface area contributed by atoms with Crippen LogP contribution in [0.2, 0.25) is 0 Å². The Morgan fingerprint density at radius 3 is 2.61 bits per heavy atom. The molecule has 178 valence electrons. The lowest BCUT2D eigenvalue weighted by molar-refractivity contribution is 0.102. The number of rotatable bonds is 7. The summed E-state index contributed by atoms with van der Waals surface area (Å²) in [5.74, 6) is 0.552. The summed E-state index contributed by atoms with van der Waals surface area (Å²) in [6.45, 7) is 0.284. The van der Waals surface area contributed by atoms with Crippen LogP contribution in [-0.2, 0) is 19.4 Å². The van der Waals surface area contributed by atoms with Gasteiger partial charge >= 0.3 is 0 Å². The lowest BCUT2D eigenvalue weighted by Crippen LogP contribution is -2.14. The molecule has 1 N–H and O–H groups in total. The summed E-state index contributed by atoms with van der Waals surface area (Å²) in [6, 6.07) is 26.8. The van der Waals surface area contributed by atoms with Crippen molar-refractivity contribution in [1.29, 1.82) is 5.26 Å². The molecule has 4 aromatic rings. The monoisotopic (exact) mass is 491 g/mol. The van der Waals surface area contributed by atoms with Crippen molar-refractivity contribution in [3.8, 4) is 11.8 Å². The highest BCUT2D eigenvalue weighted by Gasteiger charge is 2.25. The Morgan fingerprint density at radius 2 is 1.75 bits per heavy atom. The van der Waals surface area contributed by atoms with E-state index in [9.17, 15) is 10.1 Å². The molecule has 5 rings (SSSR count). The molecule has 6 heteroatoms. The number of amides is 1. The van der Waals surface area contributed by atoms with E-state index in [0.717, 1.165) is 53.1 Å². The van der Waals surface area contributed by atoms with Gasteiger partial charge in [0.05, 0.1) is 17.2 Å². The average molecular weight is 492 g/mol. The number of nitrogens with one attached hydrogen (secondary N) is 1. The molecular weight excluding hydrogens is 466 g/mol. The van der Waals surface area contributed by atoms with Gasteiger partial charge in [0.1, 0.15) is 17.4 Å². The Morgan fingerprint density at radius 1 is 1.00 bits per heavy atom. The van der Waals surface area contributed by atoms with Crippen molar-refractivity contribution in [1.82, 2.24) is 0 Å². The number of anilines is 1. The summed E-state index contributed by atoms with van der Waals surface area (Å²) in [5, 5.41) is 13.1. The SMILES string of the molecule is N#Cc1ccccc1COc1ccccc1C=Nc1sc2c(c1C(=O)Nc1ccccc1)CCCC2. The second-order valence-electron chi connectivity index (χ2n) is 8.56. The molecule has 36 heavy (non-hydrogen) atoms. The minimum absolute atomic E-state index is 0.120. The van der Waals surface area contributed by atoms with Crippen LogP contribution < -0.4 is 10.1 Å². The summed E-state index contributed by atoms with van der Waals surface area (Å²) in [4.78, 5) is 19.4. The second kappa shape index (κ2) is 11.0. The molecule has 1 amide bonds. The second-order valence-corrected chi connectivity index (χ2v) is 9.65. The minimum atomic E-state index is -0.120. The number of nitriles is 1. The average Bonchev–Trinajstić information content (AvgIpc) is 3.30. The Bertz CT molecular complexity index is 1450. The molecule has 0 aliphatic heterocycles. The highest BCUT2D eigenvalue weighted by atomic mass is 32.1. The smallest absolute Gasteiger partial charge is 0.259 e. The molecule has 0 unspecified atom stereocenters. The van der Waals surface area contributed by atoms with Crippen LogP contribution in [0.1, 0.15) is 50.3 Å². The zero-order valence-corrected chi connectivity index (χ0v) is 20.6. The summed E-state index contributed by atoms with van der Waals surface area (Å²) in [6.07, 6.45) is 5.87. The maximum Gasteiger partial charge on any atom is 0.259 e. The van der Waals surface area contributed by atoms with E-state index in [2.05, 4.69) is 11.4 Å². The van der Waals surface area contributed by atoms with Crippen LogP contribution in [0.15, 0.2) is 83.9 Å². The quantitative estimate of drug-likeness (QED) is 0.281. The van der Waals surface area contributed by atoms with Crippen molar-refractivity contribution in [3.05, 3.63) is 112 Å². The third-order valence-electron chi connectivity index (χ3n) is 6.17. The maximum absolute atomic E-state index is 13.3. The predicted octanol–water partition coefficient (Wildman–Crippen LogP) is 7.08. The number of para-hydroxylation sites is 2. The topological polar surface area (TPSA) is 74.5 Å². The molecule has 0 saturated heterocycles. The van der Waals surface area contributed by atoms with Crippen molar-refractivity contribution in [2.24, 2.45) is 4.99 Å². The third-order valence-corrected chi connectivity index (χ3v) is 7.37. The Labute approximate surface area is 214 Å². The number of carbonyl (C=O) groups excluding carboxylic acids is 1. The molecule has 3 aromatic carbocycles. The maximum atomic E-state index is 13.3. The van der Waals surface area contributed by atoms with Gasteiger partial charge in [-0.25, -0.2) is 4.99 Å². The predicted molar refractivity (Wildman–Crippen MR) is 145 cm³/mol. The number of fused-ring (bicyclic) bond motifs is 1. The van der Waals surface area contributed by atoms with E-state index in [0.29, 0.717) is 16.9 Å². The number of nitrogens with zero attached hydrogens (tertiary/aromatic N) is 2. The van der Waals surface area contributed by atoms with Gasteiger partial charge in [0, 0.05) is 27.9 Å². The first-order valence-corrected chi connectivity index (χ1v) is 12.8. The number of benzene rings is 3. The zero-order chi connectivity index (χ0) is 24.7. The number of aryl methyl sites for hydroxylation is 1. The molecular formula is C30H25N3O2S. The van der Waals surface area contributed by atoms with Gasteiger partial charge in [0.15, 0.2) is 0 Å². The van der Waals surface area contributed by atoms with Crippen molar-refractivity contribution >= 4 is 34.1 Å². The molecule has 0 radical (unpaired) electrons. The van der Waals surface area contributed by atoms with Crippen LogP contribution >= 0.6 is 11.3 Å². The molecule has 1 aliphatic carbocycles. The molecule has 0 fully saturated rings. The molecule has 5 nitrogen and oxygen atoms in total. The van der Waals surface area contributed by atoms with Crippen LogP contribution in [0.3, 0.4) is 0 Å². The van der Waals surface area contributed by atoms with Crippen molar-refractivity contribution < 1.29 is 9.53 Å². The molecule has 1 heterocycles. The number of aliphatic imine (C=N–C) groups is 1. The number of carbonyl (C=O) groups is 1. The van der Waals surface area contributed by atoms with E-state index < -0.39 is 0 Å². The molecule has 0 saturated carbocycles. The van der Waals surface area contributed by atoms with Gasteiger partial charge < -0.3 is 10.1 Å². The summed E-state index contributed by atoms with van der Waals surface area (Å²) < 4.78 is 6.07. The van der Waals surface area contributed by atoms with Gasteiger partial charge in [-0.2, -0.15) is 5.26 Å². The fraction of sp³-hybridized carbons (Fsp3) is 0.167. The van der Waals surface area contributed by atoms with Crippen molar-refractivity contribution in [3.63, 3.8) is 0 Å². The van der Waals surface area contributed by atoms with E-state index in [1.807, 2.05) is 72.8 Å². The highest BCUT2D eigenvalue weighted by molar-refractivity contribution is 7.16. The van der Waals surface area contributed by atoms with Gasteiger partial charge in [-0.3, -0.25) is 4.79 Å². The van der Waals surface area contributed by atoms with Crippen LogP contribution in [-0.4, -0.2) is 12.1 Å². The first-order valence-electron chi connectivity index (χ1n) is 12.0. The van der Waals surface area contributed by atoms with Crippen LogP contribution in [0.4, 0.5) is 10.7 Å². The van der Waals surface area contributed by atoms with E-state index in [-0.39, 0.29) is 12.5 Å². The molecule has 0 spiro atoms. The Balaban J connectivity index is 1.42. The molecule has 1 aliphatic rings. The Hall–Kier alpha value is -4.21. The third kappa shape index (κ3) is 5.22. The first kappa shape index (κ1) is 23.5. The lowest BCUT2D eigenvalue weighted by Gasteiger charge is -2.13. The summed E-state index contributed by atoms with van der Waals surface area (Å²) in [7, 11) is 0. The fourth-order valence-electron chi connectivity index (χ4n) is 4.35. The number of hydrogen-bond donors (Lipinski definition) is 1. The first-order chi connectivity index (χ1) is 17.7. The fourth-order valence-corrected chi connectivity index (χ4v) is 5.58. The van der Waals surface area contributed by atoms with E-state index in [1.54, 1.807) is 23.6 Å². The largest absolute Gasteiger partial charge is 0.488 e. The molecule has 0 atom stereocenters. The van der Waals surface area contributed by atoms with Gasteiger partial charge in [-0.1, -0.05) is 48.5 Å². The van der Waals surface area contributed by atoms with Gasteiger partial charge in [0.2, 0.25) is 0 Å². The highest BCUT2D eigenvalue weighted by Crippen LogP contribution is 2.40. The standard InChI is InChI=1S/C30H25N3O2S/c31-18-21-10-4-5-12-23(21)20-35-26-16-8-6-11-22(26)19-32-30-28(25-15-7-9-17-27(25)36-30)29(34)33-24-13-2-1-3-14-24/h1-6,8,10-14,16,19H,7,9,15,17,20H2,(H,33,34). The van der Waals surface area contributed by atoms with E-state index in [1.165, 1.54) is 4.88 Å².